The first-order valence-corrected chi connectivity index (χ1v) is 10.1. The van der Waals surface area contributed by atoms with E-state index in [-0.39, 0.29) is 5.91 Å². The Kier molecular flexibility index (Phi) is 4.81. The number of hydrogen-bond acceptors (Lipinski definition) is 8. The van der Waals surface area contributed by atoms with Gasteiger partial charge in [-0.15, -0.1) is 11.3 Å². The van der Waals surface area contributed by atoms with Crippen molar-refractivity contribution >= 4 is 40.8 Å². The maximum atomic E-state index is 12.3. The van der Waals surface area contributed by atoms with Crippen LogP contribution in [-0.4, -0.2) is 39.9 Å². The smallest absolute Gasteiger partial charge is 0.282 e. The average Bonchev–Trinajstić information content (AvgIpc) is 3.12. The highest BCUT2D eigenvalue weighted by Crippen LogP contribution is 2.36. The van der Waals surface area contributed by atoms with Crippen molar-refractivity contribution in [3.8, 4) is 11.4 Å². The summed E-state index contributed by atoms with van der Waals surface area (Å²) in [6.07, 6.45) is 3.54. The van der Waals surface area contributed by atoms with Crippen molar-refractivity contribution in [2.75, 3.05) is 19.4 Å². The third-order valence-corrected chi connectivity index (χ3v) is 5.85. The number of rotatable bonds is 4. The summed E-state index contributed by atoms with van der Waals surface area (Å²) < 4.78 is 0. The molecule has 0 bridgehead atoms. The van der Waals surface area contributed by atoms with Gasteiger partial charge in [0.15, 0.2) is 5.01 Å². The Balaban J connectivity index is 1.68. The molecule has 27 heavy (non-hydrogen) atoms. The molecule has 0 unspecified atom stereocenters. The number of carbonyl (C=O) groups is 1. The number of thiazole rings is 1. The highest BCUT2D eigenvalue weighted by Gasteiger charge is 2.25. The topological polar surface area (TPSA) is 97.0 Å². The predicted octanol–water partition coefficient (Wildman–Crippen LogP) is 3.11. The minimum atomic E-state index is -0.0838. The van der Waals surface area contributed by atoms with Crippen LogP contribution in [-0.2, 0) is 12.8 Å². The van der Waals surface area contributed by atoms with E-state index in [1.165, 1.54) is 23.3 Å². The zero-order valence-electron chi connectivity index (χ0n) is 14.9. The van der Waals surface area contributed by atoms with Gasteiger partial charge >= 0.3 is 0 Å². The molecule has 1 amide bonds. The fourth-order valence-electron chi connectivity index (χ4n) is 2.87. The van der Waals surface area contributed by atoms with Gasteiger partial charge in [-0.3, -0.25) is 9.93 Å². The number of nitrogens with zero attached hydrogens (tertiary/aromatic N) is 4. The van der Waals surface area contributed by atoms with Crippen molar-refractivity contribution in [3.05, 3.63) is 45.9 Å². The van der Waals surface area contributed by atoms with Gasteiger partial charge in [-0.05, 0) is 48.6 Å². The number of hydrogen-bond donors (Lipinski definition) is 2. The van der Waals surface area contributed by atoms with E-state index in [1.807, 2.05) is 30.5 Å². The Morgan fingerprint density at radius 1 is 1.26 bits per heavy atom. The van der Waals surface area contributed by atoms with E-state index < -0.39 is 0 Å². The molecule has 3 N–H and O–H groups in total. The lowest BCUT2D eigenvalue weighted by Crippen LogP contribution is -2.21. The van der Waals surface area contributed by atoms with Crippen LogP contribution >= 0.6 is 23.3 Å². The number of benzene rings is 1. The van der Waals surface area contributed by atoms with Crippen LogP contribution in [0.1, 0.15) is 20.2 Å². The van der Waals surface area contributed by atoms with Crippen LogP contribution in [0.25, 0.3) is 11.4 Å². The summed E-state index contributed by atoms with van der Waals surface area (Å²) in [6.45, 7) is 0. The highest BCUT2D eigenvalue weighted by molar-refractivity contribution is 7.97. The number of anilines is 2. The summed E-state index contributed by atoms with van der Waals surface area (Å²) in [7, 11) is 3.46. The second-order valence-corrected chi connectivity index (χ2v) is 8.12. The highest BCUT2D eigenvalue weighted by atomic mass is 32.2. The van der Waals surface area contributed by atoms with Crippen molar-refractivity contribution < 1.29 is 4.79 Å². The Morgan fingerprint density at radius 2 is 2.11 bits per heavy atom. The van der Waals surface area contributed by atoms with Crippen LogP contribution in [0.15, 0.2) is 35.4 Å². The zero-order valence-corrected chi connectivity index (χ0v) is 16.5. The molecule has 0 atom stereocenters. The van der Waals surface area contributed by atoms with E-state index in [1.54, 1.807) is 19.0 Å². The van der Waals surface area contributed by atoms with Crippen LogP contribution in [0.2, 0.25) is 0 Å². The second-order valence-electron chi connectivity index (χ2n) is 6.33. The Hall–Kier alpha value is -2.49. The first-order chi connectivity index (χ1) is 13.0. The van der Waals surface area contributed by atoms with Gasteiger partial charge in [0.1, 0.15) is 5.69 Å². The van der Waals surface area contributed by atoms with E-state index in [2.05, 4.69) is 20.3 Å². The second kappa shape index (κ2) is 7.26. The molecule has 4 rings (SSSR count). The summed E-state index contributed by atoms with van der Waals surface area (Å²) in [5, 5.41) is 9.34. The number of aromatic nitrogens is 3. The molecule has 1 aliphatic carbocycles. The van der Waals surface area contributed by atoms with Crippen LogP contribution < -0.4 is 10.5 Å². The van der Waals surface area contributed by atoms with Gasteiger partial charge in [0, 0.05) is 35.8 Å². The molecule has 138 valence electrons. The van der Waals surface area contributed by atoms with Crippen molar-refractivity contribution in [1.29, 1.82) is 0 Å². The number of carbonyl (C=O) groups excluding carboxylic acids is 1. The standard InChI is InChI=1S/C18H18N6OS2/c1-24(2)17(25)16-22-15-13(26-16)7-6-10-9-20-18(23-14(10)15)21-11-4-3-5-12(8-11)27-19/h3-5,8-9H,6-7,19H2,1-2H3,(H,20,21,23). The maximum Gasteiger partial charge on any atom is 0.282 e. The Bertz CT molecular complexity index is 1020. The normalized spacial score (nSPS) is 12.3. The molecule has 2 heterocycles. The van der Waals surface area contributed by atoms with E-state index >= 15 is 0 Å². The molecule has 0 saturated carbocycles. The number of nitrogens with one attached hydrogen (secondary N) is 1. The third-order valence-electron chi connectivity index (χ3n) is 4.22. The fourth-order valence-corrected chi connectivity index (χ4v) is 4.30. The van der Waals surface area contributed by atoms with E-state index in [4.69, 9.17) is 5.14 Å². The molecule has 0 saturated heterocycles. The largest absolute Gasteiger partial charge is 0.343 e. The van der Waals surface area contributed by atoms with Gasteiger partial charge in [-0.1, -0.05) is 6.07 Å². The molecule has 7 nitrogen and oxygen atoms in total. The summed E-state index contributed by atoms with van der Waals surface area (Å²) >= 11 is 2.64. The van der Waals surface area contributed by atoms with E-state index in [9.17, 15) is 4.79 Å². The monoisotopic (exact) mass is 398 g/mol. The molecule has 2 aromatic heterocycles. The van der Waals surface area contributed by atoms with Gasteiger partial charge in [0.2, 0.25) is 5.95 Å². The third kappa shape index (κ3) is 3.53. The molecule has 9 heteroatoms. The van der Waals surface area contributed by atoms with Crippen LogP contribution in [0.5, 0.6) is 0 Å². The van der Waals surface area contributed by atoms with Crippen LogP contribution in [0, 0.1) is 0 Å². The summed E-state index contributed by atoms with van der Waals surface area (Å²) in [5.41, 5.74) is 3.51. The molecule has 3 aromatic rings. The number of nitrogens with two attached hydrogens (primary N) is 1. The van der Waals surface area contributed by atoms with Crippen molar-refractivity contribution in [1.82, 2.24) is 19.9 Å². The molecule has 0 spiro atoms. The van der Waals surface area contributed by atoms with Gasteiger partial charge in [0.25, 0.3) is 5.91 Å². The minimum Gasteiger partial charge on any atom is -0.343 e. The molecule has 1 aromatic carbocycles. The van der Waals surface area contributed by atoms with Gasteiger partial charge < -0.3 is 10.2 Å². The lowest BCUT2D eigenvalue weighted by molar-refractivity contribution is 0.0827. The molecule has 0 aliphatic heterocycles. The molecule has 1 aliphatic rings. The molecule has 0 fully saturated rings. The Labute approximate surface area is 165 Å². The van der Waals surface area contributed by atoms with Gasteiger partial charge in [-0.2, -0.15) is 0 Å². The quantitative estimate of drug-likeness (QED) is 0.652. The van der Waals surface area contributed by atoms with Crippen molar-refractivity contribution in [2.45, 2.75) is 17.7 Å². The fraction of sp³-hybridized carbons (Fsp3) is 0.222. The predicted molar refractivity (Wildman–Crippen MR) is 108 cm³/mol. The SMILES string of the molecule is CN(C)C(=O)c1nc2c(s1)CCc1cnc(Nc3cccc(SN)c3)nc1-2. The molecule has 0 radical (unpaired) electrons. The van der Waals surface area contributed by atoms with Crippen LogP contribution in [0.4, 0.5) is 11.6 Å². The lowest BCUT2D eigenvalue weighted by Gasteiger charge is -2.15. The number of fused-ring (bicyclic) bond motifs is 3. The molecular formula is C18H18N6OS2. The first-order valence-electron chi connectivity index (χ1n) is 8.36. The number of amides is 1. The average molecular weight is 399 g/mol. The van der Waals surface area contributed by atoms with Gasteiger partial charge in [-0.25, -0.2) is 15.0 Å². The van der Waals surface area contributed by atoms with Crippen molar-refractivity contribution in [3.63, 3.8) is 0 Å². The summed E-state index contributed by atoms with van der Waals surface area (Å²) in [6, 6.07) is 7.74. The lowest BCUT2D eigenvalue weighted by atomic mass is 10.00. The van der Waals surface area contributed by atoms with Gasteiger partial charge in [0.05, 0.1) is 5.69 Å². The van der Waals surface area contributed by atoms with E-state index in [0.717, 1.165) is 45.3 Å². The number of aryl methyl sites for hydroxylation is 2. The first kappa shape index (κ1) is 17.9. The van der Waals surface area contributed by atoms with E-state index in [0.29, 0.717) is 11.0 Å². The zero-order chi connectivity index (χ0) is 19.0. The Morgan fingerprint density at radius 3 is 2.89 bits per heavy atom. The summed E-state index contributed by atoms with van der Waals surface area (Å²) in [5.74, 6) is 0.411. The van der Waals surface area contributed by atoms with Crippen molar-refractivity contribution in [2.24, 2.45) is 5.14 Å². The molecular weight excluding hydrogens is 380 g/mol. The summed E-state index contributed by atoms with van der Waals surface area (Å²) in [4.78, 5) is 29.5. The maximum absolute atomic E-state index is 12.3. The van der Waals surface area contributed by atoms with Crippen LogP contribution in [0.3, 0.4) is 0 Å². The minimum absolute atomic E-state index is 0.0838.